The van der Waals surface area contributed by atoms with Gasteiger partial charge in [-0.3, -0.25) is 4.79 Å². The van der Waals surface area contributed by atoms with E-state index < -0.39 is 0 Å². The Morgan fingerprint density at radius 3 is 2.80 bits per heavy atom. The van der Waals surface area contributed by atoms with Crippen LogP contribution in [-0.2, 0) is 6.54 Å². The molecule has 0 aliphatic rings. The second kappa shape index (κ2) is 6.60. The molecule has 20 heavy (non-hydrogen) atoms. The molecule has 0 bridgehead atoms. The Balaban J connectivity index is 2.15. The highest BCUT2D eigenvalue weighted by atomic mass is 16.3. The SMILES string of the molecule is CN(Cc1ccccc1C#CCN)C(=O)c1ccco1. The lowest BCUT2D eigenvalue weighted by Crippen LogP contribution is -2.26. The number of nitrogens with two attached hydrogens (primary N) is 1. The van der Waals surface area contributed by atoms with Crippen LogP contribution in [0.1, 0.15) is 21.7 Å². The van der Waals surface area contributed by atoms with Gasteiger partial charge in [0, 0.05) is 19.2 Å². The molecule has 2 aromatic rings. The molecule has 1 heterocycles. The summed E-state index contributed by atoms with van der Waals surface area (Å²) >= 11 is 0. The third-order valence-electron chi connectivity index (χ3n) is 2.83. The molecule has 102 valence electrons. The first-order chi connectivity index (χ1) is 9.72. The monoisotopic (exact) mass is 268 g/mol. The molecule has 0 fully saturated rings. The second-order valence-electron chi connectivity index (χ2n) is 4.30. The maximum Gasteiger partial charge on any atom is 0.289 e. The highest BCUT2D eigenvalue weighted by Gasteiger charge is 2.15. The minimum absolute atomic E-state index is 0.156. The summed E-state index contributed by atoms with van der Waals surface area (Å²) in [6.45, 7) is 0.782. The van der Waals surface area contributed by atoms with Crippen LogP contribution < -0.4 is 5.73 Å². The normalized spacial score (nSPS) is 9.70. The molecule has 2 rings (SSSR count). The fourth-order valence-electron chi connectivity index (χ4n) is 1.84. The van der Waals surface area contributed by atoms with E-state index in [1.165, 1.54) is 6.26 Å². The van der Waals surface area contributed by atoms with Crippen LogP contribution in [0.4, 0.5) is 0 Å². The average molecular weight is 268 g/mol. The lowest BCUT2D eigenvalue weighted by atomic mass is 10.1. The van der Waals surface area contributed by atoms with Crippen LogP contribution in [-0.4, -0.2) is 24.4 Å². The van der Waals surface area contributed by atoms with Crippen molar-refractivity contribution in [2.24, 2.45) is 5.73 Å². The van der Waals surface area contributed by atoms with Crippen LogP contribution in [0.2, 0.25) is 0 Å². The molecule has 0 atom stereocenters. The van der Waals surface area contributed by atoms with Crippen molar-refractivity contribution < 1.29 is 9.21 Å². The molecule has 0 aliphatic heterocycles. The molecular formula is C16H16N2O2. The number of nitrogens with zero attached hydrogens (tertiary/aromatic N) is 1. The number of furan rings is 1. The van der Waals surface area contributed by atoms with Crippen molar-refractivity contribution in [3.05, 3.63) is 59.5 Å². The number of rotatable bonds is 3. The molecule has 0 aliphatic carbocycles. The van der Waals surface area contributed by atoms with E-state index in [2.05, 4.69) is 11.8 Å². The summed E-state index contributed by atoms with van der Waals surface area (Å²) in [6, 6.07) is 11.1. The van der Waals surface area contributed by atoms with E-state index in [9.17, 15) is 4.79 Å². The molecule has 1 amide bonds. The van der Waals surface area contributed by atoms with Gasteiger partial charge < -0.3 is 15.1 Å². The maximum atomic E-state index is 12.1. The second-order valence-corrected chi connectivity index (χ2v) is 4.30. The largest absolute Gasteiger partial charge is 0.459 e. The van der Waals surface area contributed by atoms with Crippen LogP contribution in [0, 0.1) is 11.8 Å². The Bertz CT molecular complexity index is 636. The lowest BCUT2D eigenvalue weighted by Gasteiger charge is -2.16. The first-order valence-corrected chi connectivity index (χ1v) is 6.28. The van der Waals surface area contributed by atoms with E-state index in [0.717, 1.165) is 11.1 Å². The Kier molecular flexibility index (Phi) is 4.59. The van der Waals surface area contributed by atoms with Crippen molar-refractivity contribution in [3.8, 4) is 11.8 Å². The number of amides is 1. The van der Waals surface area contributed by atoms with Crippen LogP contribution in [0.5, 0.6) is 0 Å². The van der Waals surface area contributed by atoms with Crippen molar-refractivity contribution in [2.45, 2.75) is 6.54 Å². The minimum Gasteiger partial charge on any atom is -0.459 e. The van der Waals surface area contributed by atoms with Crippen LogP contribution in [0.25, 0.3) is 0 Å². The van der Waals surface area contributed by atoms with Crippen molar-refractivity contribution in [1.29, 1.82) is 0 Å². The van der Waals surface area contributed by atoms with E-state index in [0.29, 0.717) is 18.8 Å². The highest BCUT2D eigenvalue weighted by Crippen LogP contribution is 2.12. The lowest BCUT2D eigenvalue weighted by molar-refractivity contribution is 0.0753. The zero-order valence-corrected chi connectivity index (χ0v) is 11.3. The van der Waals surface area contributed by atoms with E-state index in [1.54, 1.807) is 24.1 Å². The smallest absolute Gasteiger partial charge is 0.289 e. The molecule has 4 nitrogen and oxygen atoms in total. The van der Waals surface area contributed by atoms with Gasteiger partial charge >= 0.3 is 0 Å². The Hall–Kier alpha value is -2.51. The molecule has 0 radical (unpaired) electrons. The van der Waals surface area contributed by atoms with Gasteiger partial charge in [-0.2, -0.15) is 0 Å². The Morgan fingerprint density at radius 1 is 1.30 bits per heavy atom. The zero-order valence-electron chi connectivity index (χ0n) is 11.3. The standard InChI is InChI=1S/C16H16N2O2/c1-18(16(19)15-9-5-11-20-15)12-14-7-3-2-6-13(14)8-4-10-17/h2-3,5-7,9,11H,10,12,17H2,1H3. The summed E-state index contributed by atoms with van der Waals surface area (Å²) < 4.78 is 5.11. The topological polar surface area (TPSA) is 59.5 Å². The molecule has 2 N–H and O–H groups in total. The summed E-state index contributed by atoms with van der Waals surface area (Å²) in [6.07, 6.45) is 1.49. The maximum absolute atomic E-state index is 12.1. The van der Waals surface area contributed by atoms with Gasteiger partial charge in [0.15, 0.2) is 5.76 Å². The number of carbonyl (C=O) groups is 1. The summed E-state index contributed by atoms with van der Waals surface area (Å²) in [5.74, 6) is 6.02. The molecule has 0 spiro atoms. The minimum atomic E-state index is -0.156. The Morgan fingerprint density at radius 2 is 2.10 bits per heavy atom. The van der Waals surface area contributed by atoms with Crippen molar-refractivity contribution in [3.63, 3.8) is 0 Å². The van der Waals surface area contributed by atoms with Gasteiger partial charge in [0.2, 0.25) is 0 Å². The van der Waals surface area contributed by atoms with Gasteiger partial charge in [0.1, 0.15) is 0 Å². The fourth-order valence-corrected chi connectivity index (χ4v) is 1.84. The summed E-state index contributed by atoms with van der Waals surface area (Å²) in [5.41, 5.74) is 7.26. The molecule has 0 saturated carbocycles. The predicted octanol–water partition coefficient (Wildman–Crippen LogP) is 1.86. The van der Waals surface area contributed by atoms with Crippen molar-refractivity contribution in [1.82, 2.24) is 4.90 Å². The van der Waals surface area contributed by atoms with Crippen molar-refractivity contribution >= 4 is 5.91 Å². The van der Waals surface area contributed by atoms with Crippen molar-refractivity contribution in [2.75, 3.05) is 13.6 Å². The van der Waals surface area contributed by atoms with E-state index in [4.69, 9.17) is 10.2 Å². The summed E-state index contributed by atoms with van der Waals surface area (Å²) in [7, 11) is 1.73. The number of hydrogen-bond acceptors (Lipinski definition) is 3. The third-order valence-corrected chi connectivity index (χ3v) is 2.83. The Labute approximate surface area is 118 Å². The van der Waals surface area contributed by atoms with Gasteiger partial charge in [-0.15, -0.1) is 0 Å². The summed E-state index contributed by atoms with van der Waals surface area (Å²) in [5, 5.41) is 0. The predicted molar refractivity (Wildman–Crippen MR) is 76.9 cm³/mol. The zero-order chi connectivity index (χ0) is 14.4. The van der Waals surface area contributed by atoms with Gasteiger partial charge in [0.05, 0.1) is 12.8 Å². The molecule has 1 aromatic heterocycles. The fraction of sp³-hybridized carbons (Fsp3) is 0.188. The number of benzene rings is 1. The first kappa shape index (κ1) is 13.9. The van der Waals surface area contributed by atoms with Crippen LogP contribution >= 0.6 is 0 Å². The molecule has 1 aromatic carbocycles. The molecular weight excluding hydrogens is 252 g/mol. The van der Waals surface area contributed by atoms with Gasteiger partial charge in [-0.1, -0.05) is 30.0 Å². The van der Waals surface area contributed by atoms with Crippen LogP contribution in [0.3, 0.4) is 0 Å². The third kappa shape index (κ3) is 3.28. The quantitative estimate of drug-likeness (QED) is 0.864. The van der Waals surface area contributed by atoms with Gasteiger partial charge in [-0.25, -0.2) is 0 Å². The molecule has 4 heteroatoms. The molecule has 0 unspecified atom stereocenters. The van der Waals surface area contributed by atoms with Crippen LogP contribution in [0.15, 0.2) is 47.1 Å². The highest BCUT2D eigenvalue weighted by molar-refractivity contribution is 5.91. The van der Waals surface area contributed by atoms with Gasteiger partial charge in [-0.05, 0) is 23.8 Å². The molecule has 0 saturated heterocycles. The van der Waals surface area contributed by atoms with E-state index in [-0.39, 0.29) is 5.91 Å². The van der Waals surface area contributed by atoms with Gasteiger partial charge in [0.25, 0.3) is 5.91 Å². The average Bonchev–Trinajstić information content (AvgIpc) is 2.99. The number of hydrogen-bond donors (Lipinski definition) is 1. The van der Waals surface area contributed by atoms with E-state index >= 15 is 0 Å². The first-order valence-electron chi connectivity index (χ1n) is 6.28. The summed E-state index contributed by atoms with van der Waals surface area (Å²) in [4.78, 5) is 13.7. The number of carbonyl (C=O) groups excluding carboxylic acids is 1. The van der Waals surface area contributed by atoms with E-state index in [1.807, 2.05) is 24.3 Å².